The fourth-order valence-electron chi connectivity index (χ4n) is 4.62. The van der Waals surface area contributed by atoms with E-state index in [1.54, 1.807) is 0 Å². The fourth-order valence-corrected chi connectivity index (χ4v) is 5.70. The maximum atomic E-state index is 13.4. The molecule has 1 fully saturated rings. The molecule has 5 atom stereocenters. The molecule has 2 aliphatic rings. The third-order valence-corrected chi connectivity index (χ3v) is 7.79. The number of para-hydroxylation sites is 1. The van der Waals surface area contributed by atoms with Crippen LogP contribution in [0.25, 0.3) is 0 Å². The zero-order chi connectivity index (χ0) is 26.0. The molecule has 0 aromatic heterocycles. The predicted molar refractivity (Wildman–Crippen MR) is 130 cm³/mol. The molecule has 1 saturated heterocycles. The molecule has 1 unspecified atom stereocenters. The first-order valence-corrected chi connectivity index (χ1v) is 12.7. The minimum absolute atomic E-state index is 0.374. The maximum absolute atomic E-state index is 13.4. The highest BCUT2D eigenvalue weighted by Gasteiger charge is 2.43. The summed E-state index contributed by atoms with van der Waals surface area (Å²) in [5.41, 5.74) is 0.735. The largest absolute Gasteiger partial charge is 0.416 e. The minimum Gasteiger partial charge on any atom is -0.394 e. The van der Waals surface area contributed by atoms with Crippen LogP contribution < -0.4 is 4.90 Å². The Labute approximate surface area is 212 Å². The Morgan fingerprint density at radius 3 is 2.36 bits per heavy atom. The topological polar surface area (TPSA) is 96.6 Å². The van der Waals surface area contributed by atoms with Gasteiger partial charge in [-0.15, -0.1) is 0 Å². The monoisotopic (exact) mass is 528 g/mol. The van der Waals surface area contributed by atoms with E-state index in [0.717, 1.165) is 21.5 Å². The number of nitrogens with zero attached hydrogens (tertiary/aromatic N) is 2. The Morgan fingerprint density at radius 2 is 1.64 bits per heavy atom. The van der Waals surface area contributed by atoms with Gasteiger partial charge in [0.05, 0.1) is 29.6 Å². The number of halogens is 3. The molecule has 4 rings (SSSR count). The van der Waals surface area contributed by atoms with Crippen LogP contribution in [0.15, 0.2) is 52.3 Å². The van der Waals surface area contributed by atoms with Gasteiger partial charge >= 0.3 is 6.18 Å². The Balaban J connectivity index is 1.38. The van der Waals surface area contributed by atoms with Gasteiger partial charge < -0.3 is 35.0 Å². The molecular formula is C25H31F3N2O5S. The van der Waals surface area contributed by atoms with Crippen LogP contribution in [0.3, 0.4) is 0 Å². The zero-order valence-corrected chi connectivity index (χ0v) is 20.6. The Hall–Kier alpha value is -1.86. The summed E-state index contributed by atoms with van der Waals surface area (Å²) < 4.78 is 45.7. The first kappa shape index (κ1) is 27.2. The lowest BCUT2D eigenvalue weighted by Gasteiger charge is -2.40. The van der Waals surface area contributed by atoms with Crippen molar-refractivity contribution < 1.29 is 38.3 Å². The van der Waals surface area contributed by atoms with Crippen molar-refractivity contribution in [2.75, 3.05) is 38.2 Å². The molecule has 2 aromatic rings. The molecule has 198 valence electrons. The second kappa shape index (κ2) is 11.3. The van der Waals surface area contributed by atoms with Crippen LogP contribution in [0.5, 0.6) is 0 Å². The summed E-state index contributed by atoms with van der Waals surface area (Å²) >= 11 is 1.46. The van der Waals surface area contributed by atoms with E-state index in [0.29, 0.717) is 38.2 Å². The molecule has 0 aliphatic carbocycles. The van der Waals surface area contributed by atoms with Crippen molar-refractivity contribution in [2.45, 2.75) is 59.3 Å². The second-order valence-corrected chi connectivity index (χ2v) is 10.3. The van der Waals surface area contributed by atoms with E-state index in [4.69, 9.17) is 4.74 Å². The summed E-state index contributed by atoms with van der Waals surface area (Å²) in [4.78, 5) is 5.71. The summed E-state index contributed by atoms with van der Waals surface area (Å²) in [6.45, 7) is 1.20. The summed E-state index contributed by atoms with van der Waals surface area (Å²) in [5.74, 6) is 0. The molecule has 36 heavy (non-hydrogen) atoms. The van der Waals surface area contributed by atoms with Crippen molar-refractivity contribution in [3.05, 3.63) is 48.0 Å². The molecule has 0 radical (unpaired) electrons. The van der Waals surface area contributed by atoms with Crippen molar-refractivity contribution in [1.29, 1.82) is 0 Å². The van der Waals surface area contributed by atoms with Crippen LogP contribution in [0, 0.1) is 0 Å². The molecule has 0 bridgehead atoms. The fraction of sp³-hybridized carbons (Fsp3) is 0.520. The highest BCUT2D eigenvalue weighted by molar-refractivity contribution is 7.99. The number of alkyl halides is 3. The number of benzene rings is 2. The Morgan fingerprint density at radius 1 is 0.944 bits per heavy atom. The maximum Gasteiger partial charge on any atom is 0.416 e. The van der Waals surface area contributed by atoms with Gasteiger partial charge in [0.2, 0.25) is 0 Å². The van der Waals surface area contributed by atoms with Gasteiger partial charge in [0.15, 0.2) is 0 Å². The standard InChI is InChI=1S/C25H31F3N2O5S/c1-29(12-9-18-22(32)24(34)23(33)19(14-31)35-18)10-4-11-30-16-5-2-3-6-20(16)36-21-8-7-15(13-17(21)30)25(26,27)28/h2-3,5-8,13,18-19,22-24,31-34H,4,9-12,14H2,1H3/t18?,19-,22+,23-,24-/m1/s1. The molecular weight excluding hydrogens is 497 g/mol. The first-order valence-electron chi connectivity index (χ1n) is 11.8. The SMILES string of the molecule is CN(CCCN1c2ccccc2Sc2ccc(C(F)(F)F)cc21)CCC1O[C@H](CO)[C@@H](O)[C@H](O)[C@H]1O. The molecule has 0 spiro atoms. The van der Waals surface area contributed by atoms with E-state index in [1.807, 2.05) is 41.1 Å². The van der Waals surface area contributed by atoms with Crippen LogP contribution in [-0.4, -0.2) is 89.1 Å². The van der Waals surface area contributed by atoms with Crippen LogP contribution >= 0.6 is 11.8 Å². The Kier molecular flexibility index (Phi) is 8.50. The third-order valence-electron chi connectivity index (χ3n) is 6.66. The highest BCUT2D eigenvalue weighted by Crippen LogP contribution is 2.49. The van der Waals surface area contributed by atoms with Crippen molar-refractivity contribution in [2.24, 2.45) is 0 Å². The number of aliphatic hydroxyl groups excluding tert-OH is 4. The summed E-state index contributed by atoms with van der Waals surface area (Å²) in [7, 11) is 1.89. The molecule has 2 aromatic carbocycles. The zero-order valence-electron chi connectivity index (χ0n) is 19.8. The molecule has 11 heteroatoms. The van der Waals surface area contributed by atoms with E-state index in [-0.39, 0.29) is 0 Å². The van der Waals surface area contributed by atoms with E-state index in [9.17, 15) is 33.6 Å². The summed E-state index contributed by atoms with van der Waals surface area (Å²) in [5, 5.41) is 39.5. The van der Waals surface area contributed by atoms with Crippen LogP contribution in [0.2, 0.25) is 0 Å². The van der Waals surface area contributed by atoms with Gasteiger partial charge in [-0.2, -0.15) is 13.2 Å². The normalized spacial score (nSPS) is 26.1. The molecule has 2 heterocycles. The molecule has 0 amide bonds. The highest BCUT2D eigenvalue weighted by atomic mass is 32.2. The van der Waals surface area contributed by atoms with E-state index < -0.39 is 48.9 Å². The summed E-state index contributed by atoms with van der Waals surface area (Å²) in [6.07, 6.45) is -9.10. The van der Waals surface area contributed by atoms with Gasteiger partial charge in [0.25, 0.3) is 0 Å². The number of aliphatic hydroxyl groups is 4. The third kappa shape index (κ3) is 5.83. The van der Waals surface area contributed by atoms with Crippen molar-refractivity contribution in [3.8, 4) is 0 Å². The van der Waals surface area contributed by atoms with Crippen LogP contribution in [-0.2, 0) is 10.9 Å². The Bertz CT molecular complexity index is 1040. The van der Waals surface area contributed by atoms with Gasteiger partial charge in [0, 0.05) is 22.9 Å². The number of anilines is 2. The van der Waals surface area contributed by atoms with Gasteiger partial charge in [-0.3, -0.25) is 0 Å². The van der Waals surface area contributed by atoms with Crippen LogP contribution in [0.1, 0.15) is 18.4 Å². The quantitative estimate of drug-likeness (QED) is 0.416. The number of fused-ring (bicyclic) bond motifs is 2. The van der Waals surface area contributed by atoms with Crippen LogP contribution in [0.4, 0.5) is 24.5 Å². The predicted octanol–water partition coefficient (Wildman–Crippen LogP) is 2.86. The molecule has 4 N–H and O–H groups in total. The number of hydrogen-bond acceptors (Lipinski definition) is 8. The first-order chi connectivity index (χ1) is 17.1. The van der Waals surface area contributed by atoms with E-state index >= 15 is 0 Å². The number of hydrogen-bond donors (Lipinski definition) is 4. The molecule has 2 aliphatic heterocycles. The molecule has 7 nitrogen and oxygen atoms in total. The lowest BCUT2D eigenvalue weighted by Crippen LogP contribution is -2.58. The number of rotatable bonds is 8. The average Bonchev–Trinajstić information content (AvgIpc) is 2.85. The lowest BCUT2D eigenvalue weighted by molar-refractivity contribution is -0.230. The van der Waals surface area contributed by atoms with Crippen molar-refractivity contribution in [1.82, 2.24) is 4.90 Å². The minimum atomic E-state index is -4.42. The number of ether oxygens (including phenoxy) is 1. The van der Waals surface area contributed by atoms with Gasteiger partial charge in [0.1, 0.15) is 24.4 Å². The van der Waals surface area contributed by atoms with Gasteiger partial charge in [-0.25, -0.2) is 0 Å². The smallest absolute Gasteiger partial charge is 0.394 e. The average molecular weight is 529 g/mol. The second-order valence-electron chi connectivity index (χ2n) is 9.21. The lowest BCUT2D eigenvalue weighted by atomic mass is 9.93. The van der Waals surface area contributed by atoms with Gasteiger partial charge in [-0.1, -0.05) is 23.9 Å². The van der Waals surface area contributed by atoms with E-state index in [2.05, 4.69) is 0 Å². The van der Waals surface area contributed by atoms with E-state index in [1.165, 1.54) is 23.9 Å². The van der Waals surface area contributed by atoms with Gasteiger partial charge in [-0.05, 0) is 56.8 Å². The van der Waals surface area contributed by atoms with Crippen molar-refractivity contribution >= 4 is 23.1 Å². The molecule has 0 saturated carbocycles. The van der Waals surface area contributed by atoms with Crippen molar-refractivity contribution in [3.63, 3.8) is 0 Å². The summed E-state index contributed by atoms with van der Waals surface area (Å²) in [6, 6.07) is 11.5.